The first kappa shape index (κ1) is 28.2. The van der Waals surface area contributed by atoms with Crippen molar-refractivity contribution >= 4 is 32.6 Å². The fraction of sp³-hybridized carbons (Fsp3) is 0.276. The fourth-order valence-corrected chi connectivity index (χ4v) is 5.28. The molecule has 4 rings (SSSR count). The van der Waals surface area contributed by atoms with E-state index in [9.17, 15) is 18.3 Å². The molecular weight excluding hydrogens is 518 g/mol. The fourth-order valence-electron chi connectivity index (χ4n) is 4.21. The third kappa shape index (κ3) is 7.60. The van der Waals surface area contributed by atoms with Crippen molar-refractivity contribution in [3.05, 3.63) is 90.6 Å². The van der Waals surface area contributed by atoms with Crippen LogP contribution in [-0.2, 0) is 21.4 Å². The van der Waals surface area contributed by atoms with Crippen molar-refractivity contribution in [1.82, 2.24) is 9.88 Å². The van der Waals surface area contributed by atoms with Crippen molar-refractivity contribution in [3.8, 4) is 5.75 Å². The lowest BCUT2D eigenvalue weighted by Crippen LogP contribution is -2.42. The first-order chi connectivity index (χ1) is 18.5. The number of sulfonamides is 1. The van der Waals surface area contributed by atoms with Crippen molar-refractivity contribution in [2.24, 2.45) is 0 Å². The molecule has 0 saturated heterocycles. The third-order valence-corrected chi connectivity index (χ3v) is 7.83. The van der Waals surface area contributed by atoms with Crippen molar-refractivity contribution < 1.29 is 28.2 Å². The highest BCUT2D eigenvalue weighted by Gasteiger charge is 2.20. The van der Waals surface area contributed by atoms with Crippen LogP contribution in [0.25, 0.3) is 10.9 Å². The number of rotatable bonds is 13. The summed E-state index contributed by atoms with van der Waals surface area (Å²) < 4.78 is 35.3. The van der Waals surface area contributed by atoms with Crippen molar-refractivity contribution in [2.75, 3.05) is 17.9 Å². The van der Waals surface area contributed by atoms with Gasteiger partial charge in [-0.2, -0.15) is 0 Å². The molecule has 0 saturated carbocycles. The molecular formula is C29H33N3O6S. The van der Waals surface area contributed by atoms with E-state index in [-0.39, 0.29) is 17.0 Å². The summed E-state index contributed by atoms with van der Waals surface area (Å²) in [4.78, 5) is 10.9. The van der Waals surface area contributed by atoms with Crippen LogP contribution >= 0.6 is 0 Å². The van der Waals surface area contributed by atoms with E-state index in [1.807, 2.05) is 24.4 Å². The normalized spacial score (nSPS) is 12.8. The molecule has 4 N–H and O–H groups in total. The number of fused-ring (bicyclic) bond motifs is 1. The molecule has 1 aromatic heterocycles. The van der Waals surface area contributed by atoms with E-state index in [2.05, 4.69) is 28.5 Å². The quantitative estimate of drug-likeness (QED) is 0.194. The van der Waals surface area contributed by atoms with E-state index in [1.165, 1.54) is 12.1 Å². The number of hydrogen-bond donors (Lipinski definition) is 4. The zero-order chi connectivity index (χ0) is 28.0. The summed E-state index contributed by atoms with van der Waals surface area (Å²) in [5.74, 6) is -0.511. The van der Waals surface area contributed by atoms with Gasteiger partial charge < -0.3 is 24.8 Å². The molecule has 0 unspecified atom stereocenters. The number of hydrogen-bond acceptors (Lipinski definition) is 6. The molecule has 10 heteroatoms. The maximum absolute atomic E-state index is 12.6. The van der Waals surface area contributed by atoms with Crippen molar-refractivity contribution in [3.63, 3.8) is 0 Å². The molecule has 3 aromatic carbocycles. The number of aliphatic carboxylic acids is 1. The number of nitrogens with zero attached hydrogens (tertiary/aromatic N) is 1. The Bertz CT molecular complexity index is 1530. The van der Waals surface area contributed by atoms with Crippen LogP contribution < -0.4 is 14.8 Å². The number of aliphatic hydroxyl groups excluding tert-OH is 1. The molecule has 1 heterocycles. The van der Waals surface area contributed by atoms with E-state index >= 15 is 0 Å². The van der Waals surface area contributed by atoms with E-state index < -0.39 is 22.1 Å². The maximum atomic E-state index is 12.6. The predicted octanol–water partition coefficient (Wildman–Crippen LogP) is 4.40. The highest BCUT2D eigenvalue weighted by Crippen LogP contribution is 2.24. The number of anilines is 1. The Hall–Kier alpha value is -3.86. The Kier molecular flexibility index (Phi) is 8.59. The number of ether oxygens (including phenoxy) is 1. The zero-order valence-corrected chi connectivity index (χ0v) is 22.7. The Morgan fingerprint density at radius 3 is 2.54 bits per heavy atom. The highest BCUT2D eigenvalue weighted by atomic mass is 32.2. The first-order valence-electron chi connectivity index (χ1n) is 12.6. The SMILES string of the molecule is CC(C)(CCn1ccc2cc(OCC(=O)O)ccc21)NC[C@@H](O)c1cccc(NS(=O)(=O)c2ccccc2)c1. The minimum absolute atomic E-state index is 0.168. The molecule has 0 fully saturated rings. The number of carboxylic acid groups (broad SMARTS) is 1. The van der Waals surface area contributed by atoms with Gasteiger partial charge in [0.1, 0.15) is 5.75 Å². The lowest BCUT2D eigenvalue weighted by atomic mass is 9.99. The molecule has 9 nitrogen and oxygen atoms in total. The van der Waals surface area contributed by atoms with E-state index in [0.717, 1.165) is 23.9 Å². The van der Waals surface area contributed by atoms with Gasteiger partial charge in [-0.1, -0.05) is 30.3 Å². The predicted molar refractivity (Wildman–Crippen MR) is 150 cm³/mol. The van der Waals surface area contributed by atoms with Crippen LogP contribution in [0.2, 0.25) is 0 Å². The number of nitrogens with one attached hydrogen (secondary N) is 2. The van der Waals surface area contributed by atoms with Crippen LogP contribution in [0.5, 0.6) is 5.75 Å². The minimum Gasteiger partial charge on any atom is -0.482 e. The van der Waals surface area contributed by atoms with Gasteiger partial charge in [0.15, 0.2) is 6.61 Å². The van der Waals surface area contributed by atoms with E-state index in [1.54, 1.807) is 48.5 Å². The number of carboxylic acids is 1. The Morgan fingerprint density at radius 2 is 1.79 bits per heavy atom. The summed E-state index contributed by atoms with van der Waals surface area (Å²) in [7, 11) is -3.72. The first-order valence-corrected chi connectivity index (χ1v) is 14.1. The average molecular weight is 552 g/mol. The monoisotopic (exact) mass is 551 g/mol. The molecule has 39 heavy (non-hydrogen) atoms. The maximum Gasteiger partial charge on any atom is 0.341 e. The lowest BCUT2D eigenvalue weighted by molar-refractivity contribution is -0.139. The van der Waals surface area contributed by atoms with Crippen LogP contribution in [-0.4, -0.2) is 47.9 Å². The van der Waals surface area contributed by atoms with Crippen LogP contribution in [0, 0.1) is 0 Å². The third-order valence-electron chi connectivity index (χ3n) is 6.43. The Morgan fingerprint density at radius 1 is 1.03 bits per heavy atom. The second-order valence-electron chi connectivity index (χ2n) is 9.99. The van der Waals surface area contributed by atoms with Crippen molar-refractivity contribution in [1.29, 1.82) is 0 Å². The zero-order valence-electron chi connectivity index (χ0n) is 21.9. The van der Waals surface area contributed by atoms with Gasteiger partial charge in [0, 0.05) is 41.4 Å². The van der Waals surface area contributed by atoms with Crippen LogP contribution in [0.4, 0.5) is 5.69 Å². The summed E-state index contributed by atoms with van der Waals surface area (Å²) >= 11 is 0. The van der Waals surface area contributed by atoms with E-state index in [4.69, 9.17) is 9.84 Å². The number of aliphatic hydroxyl groups is 1. The van der Waals surface area contributed by atoms with Gasteiger partial charge in [0.05, 0.1) is 11.0 Å². The average Bonchev–Trinajstić information content (AvgIpc) is 3.32. The summed E-state index contributed by atoms with van der Waals surface area (Å²) in [6.07, 6.45) is 1.93. The summed E-state index contributed by atoms with van der Waals surface area (Å²) in [5.41, 5.74) is 1.70. The van der Waals surface area contributed by atoms with Gasteiger partial charge in [-0.05, 0) is 74.4 Å². The number of β-amino-alcohol motifs (C(OH)–C–C–N with tert-alkyl or cyclic N) is 1. The van der Waals surface area contributed by atoms with Gasteiger partial charge in [-0.15, -0.1) is 0 Å². The van der Waals surface area contributed by atoms with Gasteiger partial charge in [-0.25, -0.2) is 13.2 Å². The largest absolute Gasteiger partial charge is 0.482 e. The molecule has 0 amide bonds. The number of benzene rings is 3. The molecule has 206 valence electrons. The Balaban J connectivity index is 1.33. The molecule has 4 aromatic rings. The molecule has 0 aliphatic heterocycles. The molecule has 0 aliphatic rings. The van der Waals surface area contributed by atoms with Gasteiger partial charge in [-0.3, -0.25) is 4.72 Å². The molecule has 0 aliphatic carbocycles. The number of aromatic nitrogens is 1. The van der Waals surface area contributed by atoms with Gasteiger partial charge >= 0.3 is 5.97 Å². The summed E-state index contributed by atoms with van der Waals surface area (Å²) in [6, 6.07) is 22.4. The topological polar surface area (TPSA) is 130 Å². The second kappa shape index (κ2) is 11.9. The lowest BCUT2D eigenvalue weighted by Gasteiger charge is -2.28. The van der Waals surface area contributed by atoms with Crippen LogP contribution in [0.3, 0.4) is 0 Å². The molecule has 0 bridgehead atoms. The second-order valence-corrected chi connectivity index (χ2v) is 11.7. The minimum atomic E-state index is -3.72. The Labute approximate surface area is 228 Å². The van der Waals surface area contributed by atoms with Gasteiger partial charge in [0.2, 0.25) is 0 Å². The standard InChI is InChI=1S/C29H33N3O6S/c1-29(2,14-16-32-15-13-21-18-24(11-12-26(21)32)38-20-28(34)35)30-19-27(33)22-7-6-8-23(17-22)31-39(36,37)25-9-4-3-5-10-25/h3-13,15,17-18,27,30-31,33H,14,16,19-20H2,1-2H3,(H,34,35)/t27-/m1/s1. The van der Waals surface area contributed by atoms with Crippen LogP contribution in [0.1, 0.15) is 31.9 Å². The van der Waals surface area contributed by atoms with Crippen LogP contribution in [0.15, 0.2) is 90.0 Å². The summed E-state index contributed by atoms with van der Waals surface area (Å²) in [5, 5.41) is 24.0. The smallest absolute Gasteiger partial charge is 0.341 e. The molecule has 0 spiro atoms. The summed E-state index contributed by atoms with van der Waals surface area (Å²) in [6.45, 7) is 4.76. The van der Waals surface area contributed by atoms with Gasteiger partial charge in [0.25, 0.3) is 10.0 Å². The van der Waals surface area contributed by atoms with E-state index in [0.29, 0.717) is 23.5 Å². The highest BCUT2D eigenvalue weighted by molar-refractivity contribution is 7.92. The molecule has 1 atom stereocenters. The number of carbonyl (C=O) groups is 1. The number of aryl methyl sites for hydroxylation is 1. The molecule has 0 radical (unpaired) electrons. The van der Waals surface area contributed by atoms with Crippen molar-refractivity contribution in [2.45, 2.75) is 43.4 Å².